The quantitative estimate of drug-likeness (QED) is 0.761. The van der Waals surface area contributed by atoms with Crippen molar-refractivity contribution in [3.63, 3.8) is 0 Å². The van der Waals surface area contributed by atoms with Crippen LogP contribution in [-0.2, 0) is 13.2 Å². The van der Waals surface area contributed by atoms with E-state index >= 15 is 0 Å². The van der Waals surface area contributed by atoms with Gasteiger partial charge in [-0.25, -0.2) is 4.39 Å². The maximum atomic E-state index is 13.8. The van der Waals surface area contributed by atoms with Gasteiger partial charge in [-0.1, -0.05) is 37.3 Å². The summed E-state index contributed by atoms with van der Waals surface area (Å²) in [5.74, 6) is 1.04. The van der Waals surface area contributed by atoms with Crippen molar-refractivity contribution >= 4 is 0 Å². The smallest absolute Gasteiger partial charge is 0.166 e. The fourth-order valence-corrected chi connectivity index (χ4v) is 2.25. The van der Waals surface area contributed by atoms with Crippen molar-refractivity contribution in [3.8, 4) is 11.5 Å². The molecule has 0 fully saturated rings. The minimum atomic E-state index is -0.265. The molecule has 24 heavy (non-hydrogen) atoms. The van der Waals surface area contributed by atoms with E-state index in [1.807, 2.05) is 18.2 Å². The first-order valence-corrected chi connectivity index (χ1v) is 8.24. The maximum Gasteiger partial charge on any atom is 0.166 e. The van der Waals surface area contributed by atoms with Crippen LogP contribution in [0.2, 0.25) is 0 Å². The molecule has 0 saturated carbocycles. The molecule has 0 bridgehead atoms. The number of rotatable bonds is 8. The molecule has 0 aliphatic heterocycles. The predicted molar refractivity (Wildman–Crippen MR) is 94.9 cm³/mol. The summed E-state index contributed by atoms with van der Waals surface area (Å²) < 4.78 is 25.1. The third-order valence-corrected chi connectivity index (χ3v) is 4.25. The van der Waals surface area contributed by atoms with Crippen LogP contribution in [0.4, 0.5) is 4.39 Å². The van der Waals surface area contributed by atoms with Gasteiger partial charge in [-0.3, -0.25) is 0 Å². The second kappa shape index (κ2) is 8.15. The average molecular weight is 331 g/mol. The third-order valence-electron chi connectivity index (χ3n) is 4.25. The first kappa shape index (κ1) is 18.3. The third kappa shape index (κ3) is 4.71. The van der Waals surface area contributed by atoms with E-state index in [-0.39, 0.29) is 18.0 Å². The number of benzene rings is 2. The summed E-state index contributed by atoms with van der Waals surface area (Å²) in [5, 5.41) is 3.52. The van der Waals surface area contributed by atoms with Crippen LogP contribution in [0.5, 0.6) is 11.5 Å². The average Bonchev–Trinajstić information content (AvgIpc) is 2.59. The topological polar surface area (TPSA) is 30.5 Å². The number of hydrogen-bond acceptors (Lipinski definition) is 3. The molecule has 0 aliphatic carbocycles. The standard InChI is InChI=1S/C20H26FNO2/c1-5-20(2,3)22-13-15-10-8-12-18(23-4)19(15)24-14-16-9-6-7-11-17(16)21/h6-12,22H,5,13-14H2,1-4H3. The summed E-state index contributed by atoms with van der Waals surface area (Å²) in [6.07, 6.45) is 1.02. The van der Waals surface area contributed by atoms with E-state index < -0.39 is 0 Å². The monoisotopic (exact) mass is 331 g/mol. The van der Waals surface area contributed by atoms with Gasteiger partial charge in [0.05, 0.1) is 7.11 Å². The highest BCUT2D eigenvalue weighted by molar-refractivity contribution is 5.46. The Morgan fingerprint density at radius 3 is 2.42 bits per heavy atom. The van der Waals surface area contributed by atoms with Crippen molar-refractivity contribution in [2.45, 2.75) is 45.9 Å². The number of para-hydroxylation sites is 1. The maximum absolute atomic E-state index is 13.8. The number of hydrogen-bond donors (Lipinski definition) is 1. The van der Waals surface area contributed by atoms with E-state index in [1.54, 1.807) is 25.3 Å². The van der Waals surface area contributed by atoms with Gasteiger partial charge in [-0.05, 0) is 32.4 Å². The van der Waals surface area contributed by atoms with Crippen molar-refractivity contribution in [2.24, 2.45) is 0 Å². The predicted octanol–water partition coefficient (Wildman–Crippen LogP) is 4.69. The molecular weight excluding hydrogens is 305 g/mol. The van der Waals surface area contributed by atoms with E-state index in [4.69, 9.17) is 9.47 Å². The summed E-state index contributed by atoms with van der Waals surface area (Å²) in [4.78, 5) is 0. The molecule has 4 heteroatoms. The zero-order chi connectivity index (χ0) is 17.6. The molecule has 130 valence electrons. The SMILES string of the molecule is CCC(C)(C)NCc1cccc(OC)c1OCc1ccccc1F. The lowest BCUT2D eigenvalue weighted by molar-refractivity contribution is 0.273. The van der Waals surface area contributed by atoms with Crippen LogP contribution in [-0.4, -0.2) is 12.6 Å². The van der Waals surface area contributed by atoms with Crippen molar-refractivity contribution in [3.05, 3.63) is 59.4 Å². The van der Waals surface area contributed by atoms with Gasteiger partial charge >= 0.3 is 0 Å². The van der Waals surface area contributed by atoms with Gasteiger partial charge in [-0.15, -0.1) is 0 Å². The second-order valence-corrected chi connectivity index (χ2v) is 6.42. The zero-order valence-corrected chi connectivity index (χ0v) is 14.9. The second-order valence-electron chi connectivity index (χ2n) is 6.42. The molecule has 3 nitrogen and oxygen atoms in total. The fraction of sp³-hybridized carbons (Fsp3) is 0.400. The molecule has 0 unspecified atom stereocenters. The Hall–Kier alpha value is -2.07. The minimum Gasteiger partial charge on any atom is -0.493 e. The number of nitrogens with one attached hydrogen (secondary N) is 1. The van der Waals surface area contributed by atoms with E-state index in [2.05, 4.69) is 26.1 Å². The molecule has 2 aromatic carbocycles. The van der Waals surface area contributed by atoms with Gasteiger partial charge < -0.3 is 14.8 Å². The highest BCUT2D eigenvalue weighted by Gasteiger charge is 2.17. The lowest BCUT2D eigenvalue weighted by Gasteiger charge is -2.25. The van der Waals surface area contributed by atoms with Gasteiger partial charge in [0.1, 0.15) is 12.4 Å². The molecule has 0 aromatic heterocycles. The van der Waals surface area contributed by atoms with Crippen molar-refractivity contribution < 1.29 is 13.9 Å². The van der Waals surface area contributed by atoms with Crippen LogP contribution in [0.25, 0.3) is 0 Å². The Bertz CT molecular complexity index is 670. The summed E-state index contributed by atoms with van der Waals surface area (Å²) in [7, 11) is 1.61. The van der Waals surface area contributed by atoms with Gasteiger partial charge in [0.25, 0.3) is 0 Å². The van der Waals surface area contributed by atoms with Crippen LogP contribution < -0.4 is 14.8 Å². The highest BCUT2D eigenvalue weighted by atomic mass is 19.1. The van der Waals surface area contributed by atoms with Crippen molar-refractivity contribution in [2.75, 3.05) is 7.11 Å². The molecule has 0 heterocycles. The van der Waals surface area contributed by atoms with Crippen LogP contribution >= 0.6 is 0 Å². The van der Waals surface area contributed by atoms with Crippen molar-refractivity contribution in [1.82, 2.24) is 5.32 Å². The van der Waals surface area contributed by atoms with Gasteiger partial charge in [0, 0.05) is 23.2 Å². The number of halogens is 1. The number of methoxy groups -OCH3 is 1. The number of ether oxygens (including phenoxy) is 2. The molecule has 0 aliphatic rings. The Morgan fingerprint density at radius 2 is 1.75 bits per heavy atom. The lowest BCUT2D eigenvalue weighted by atomic mass is 10.0. The first-order valence-electron chi connectivity index (χ1n) is 8.24. The molecule has 0 radical (unpaired) electrons. The van der Waals surface area contributed by atoms with Crippen LogP contribution in [0.3, 0.4) is 0 Å². The van der Waals surface area contributed by atoms with Crippen LogP contribution in [0.15, 0.2) is 42.5 Å². The molecule has 0 atom stereocenters. The van der Waals surface area contributed by atoms with Gasteiger partial charge in [0.2, 0.25) is 0 Å². The molecule has 0 saturated heterocycles. The van der Waals surface area contributed by atoms with Gasteiger partial charge in [-0.2, -0.15) is 0 Å². The van der Waals surface area contributed by atoms with Gasteiger partial charge in [0.15, 0.2) is 11.5 Å². The highest BCUT2D eigenvalue weighted by Crippen LogP contribution is 2.32. The molecule has 0 amide bonds. The van der Waals surface area contributed by atoms with E-state index in [1.165, 1.54) is 6.07 Å². The summed E-state index contributed by atoms with van der Waals surface area (Å²) >= 11 is 0. The fourth-order valence-electron chi connectivity index (χ4n) is 2.25. The Balaban J connectivity index is 2.19. The van der Waals surface area contributed by atoms with E-state index in [9.17, 15) is 4.39 Å². The summed E-state index contributed by atoms with van der Waals surface area (Å²) in [6, 6.07) is 12.4. The van der Waals surface area contributed by atoms with Crippen molar-refractivity contribution in [1.29, 1.82) is 0 Å². The zero-order valence-electron chi connectivity index (χ0n) is 14.9. The summed E-state index contributed by atoms with van der Waals surface area (Å²) in [6.45, 7) is 7.29. The Labute approximate surface area is 143 Å². The Kier molecular flexibility index (Phi) is 6.21. The molecule has 0 spiro atoms. The lowest BCUT2D eigenvalue weighted by Crippen LogP contribution is -2.37. The van der Waals surface area contributed by atoms with Crippen LogP contribution in [0, 0.1) is 5.82 Å². The molecular formula is C20H26FNO2. The largest absolute Gasteiger partial charge is 0.493 e. The first-order chi connectivity index (χ1) is 11.5. The Morgan fingerprint density at radius 1 is 1.04 bits per heavy atom. The minimum absolute atomic E-state index is 0.0336. The van der Waals surface area contributed by atoms with Crippen LogP contribution in [0.1, 0.15) is 38.3 Å². The summed E-state index contributed by atoms with van der Waals surface area (Å²) in [5.41, 5.74) is 1.55. The molecule has 2 rings (SSSR count). The molecule has 1 N–H and O–H groups in total. The van der Waals surface area contributed by atoms with E-state index in [0.717, 1.165) is 12.0 Å². The normalized spacial score (nSPS) is 11.4. The van der Waals surface area contributed by atoms with E-state index in [0.29, 0.717) is 23.6 Å². The molecule has 2 aromatic rings.